The van der Waals surface area contributed by atoms with Gasteiger partial charge in [-0.25, -0.2) is 0 Å². The quantitative estimate of drug-likeness (QED) is 0.485. The molecule has 0 saturated heterocycles. The molecule has 0 aliphatic rings. The molecule has 0 aliphatic carbocycles. The molecule has 0 saturated carbocycles. The van der Waals surface area contributed by atoms with Gasteiger partial charge in [0, 0.05) is 6.54 Å². The summed E-state index contributed by atoms with van der Waals surface area (Å²) in [5.41, 5.74) is 3.49. The van der Waals surface area contributed by atoms with E-state index in [-0.39, 0.29) is 11.9 Å². The lowest BCUT2D eigenvalue weighted by molar-refractivity contribution is -0.118. The summed E-state index contributed by atoms with van der Waals surface area (Å²) in [6.07, 6.45) is 0.932. The van der Waals surface area contributed by atoms with Crippen LogP contribution in [0.1, 0.15) is 41.9 Å². The topological polar surface area (TPSA) is 63.1 Å². The van der Waals surface area contributed by atoms with Crippen molar-refractivity contribution >= 4 is 17.7 Å². The van der Waals surface area contributed by atoms with Crippen molar-refractivity contribution in [1.29, 1.82) is 0 Å². The van der Waals surface area contributed by atoms with E-state index < -0.39 is 0 Å². The number of aromatic nitrogens is 3. The molecule has 6 nitrogen and oxygen atoms in total. The van der Waals surface area contributed by atoms with Gasteiger partial charge in [0.25, 0.3) is 0 Å². The third-order valence-electron chi connectivity index (χ3n) is 5.18. The van der Waals surface area contributed by atoms with Crippen molar-refractivity contribution in [1.82, 2.24) is 25.0 Å². The fourth-order valence-electron chi connectivity index (χ4n) is 3.43. The predicted molar refractivity (Wildman–Crippen MR) is 126 cm³/mol. The monoisotopic (exact) mass is 437 g/mol. The maximum absolute atomic E-state index is 12.4. The molecule has 0 spiro atoms. The van der Waals surface area contributed by atoms with Crippen LogP contribution in [-0.2, 0) is 17.9 Å². The number of nitrogens with zero attached hydrogens (tertiary/aromatic N) is 4. The highest BCUT2D eigenvalue weighted by molar-refractivity contribution is 7.99. The Bertz CT molecular complexity index is 969. The fraction of sp³-hybridized carbons (Fsp3) is 0.375. The molecular formula is C24H31N5OS. The van der Waals surface area contributed by atoms with Crippen LogP contribution < -0.4 is 5.32 Å². The molecule has 3 rings (SSSR count). The number of amides is 1. The number of thioether (sulfide) groups is 1. The lowest BCUT2D eigenvalue weighted by Gasteiger charge is -2.23. The molecule has 2 aromatic carbocycles. The van der Waals surface area contributed by atoms with E-state index in [1.807, 2.05) is 30.3 Å². The smallest absolute Gasteiger partial charge is 0.230 e. The van der Waals surface area contributed by atoms with Gasteiger partial charge in [-0.3, -0.25) is 9.69 Å². The summed E-state index contributed by atoms with van der Waals surface area (Å²) in [6.45, 7) is 5.41. The van der Waals surface area contributed by atoms with Gasteiger partial charge in [-0.15, -0.1) is 10.2 Å². The van der Waals surface area contributed by atoms with Gasteiger partial charge in [0.1, 0.15) is 0 Å². The number of nitrogens with one attached hydrogen (secondary N) is 1. The zero-order valence-electron chi connectivity index (χ0n) is 18.7. The minimum atomic E-state index is -0.0129. The summed E-state index contributed by atoms with van der Waals surface area (Å²) >= 11 is 1.43. The Kier molecular flexibility index (Phi) is 8.26. The van der Waals surface area contributed by atoms with E-state index in [1.54, 1.807) is 0 Å². The van der Waals surface area contributed by atoms with Crippen molar-refractivity contribution in [2.75, 3.05) is 19.8 Å². The fourth-order valence-corrected chi connectivity index (χ4v) is 4.21. The number of benzene rings is 2. The summed E-state index contributed by atoms with van der Waals surface area (Å²) in [7, 11) is 4.11. The zero-order valence-corrected chi connectivity index (χ0v) is 19.5. The molecular weight excluding hydrogens is 406 g/mol. The second kappa shape index (κ2) is 11.1. The van der Waals surface area contributed by atoms with E-state index >= 15 is 0 Å². The highest BCUT2D eigenvalue weighted by Crippen LogP contribution is 2.26. The lowest BCUT2D eigenvalue weighted by atomic mass is 10.1. The molecule has 0 aliphatic heterocycles. The van der Waals surface area contributed by atoms with Gasteiger partial charge in [-0.05, 0) is 38.6 Å². The summed E-state index contributed by atoms with van der Waals surface area (Å²) in [5, 5.41) is 12.7. The van der Waals surface area contributed by atoms with Gasteiger partial charge in [-0.2, -0.15) is 0 Å². The third kappa shape index (κ3) is 6.42. The minimum Gasteiger partial charge on any atom is -0.351 e. The van der Waals surface area contributed by atoms with Crippen LogP contribution in [0.15, 0.2) is 59.8 Å². The Morgan fingerprint density at radius 3 is 2.42 bits per heavy atom. The standard InChI is InChI=1S/C24H31N5OS/c1-5-21(28(3)4)23-26-27-24(29(23)16-20-9-7-6-8-10-20)31-17-22(30)25-15-19-13-11-18(2)12-14-19/h6-14,21H,5,15-17H2,1-4H3,(H,25,30). The highest BCUT2D eigenvalue weighted by atomic mass is 32.2. The summed E-state index contributed by atoms with van der Waals surface area (Å²) in [5.74, 6) is 1.22. The van der Waals surface area contributed by atoms with E-state index in [0.717, 1.165) is 23.0 Å². The second-order valence-corrected chi connectivity index (χ2v) is 8.79. The van der Waals surface area contributed by atoms with Crippen LogP contribution in [-0.4, -0.2) is 45.4 Å². The molecule has 1 heterocycles. The molecule has 1 unspecified atom stereocenters. The molecule has 1 aromatic heterocycles. The average molecular weight is 438 g/mol. The summed E-state index contributed by atoms with van der Waals surface area (Å²) < 4.78 is 2.14. The van der Waals surface area contributed by atoms with Crippen LogP contribution in [0.5, 0.6) is 0 Å². The lowest BCUT2D eigenvalue weighted by Crippen LogP contribution is -2.25. The number of hydrogen-bond acceptors (Lipinski definition) is 5. The third-order valence-corrected chi connectivity index (χ3v) is 6.15. The van der Waals surface area contributed by atoms with Gasteiger partial charge in [0.15, 0.2) is 11.0 Å². The maximum atomic E-state index is 12.4. The van der Waals surface area contributed by atoms with Gasteiger partial charge >= 0.3 is 0 Å². The van der Waals surface area contributed by atoms with Crippen LogP contribution in [0, 0.1) is 6.92 Å². The molecule has 3 aromatic rings. The first-order valence-electron chi connectivity index (χ1n) is 10.6. The molecule has 1 amide bonds. The molecule has 1 atom stereocenters. The van der Waals surface area contributed by atoms with Crippen molar-refractivity contribution < 1.29 is 4.79 Å². The summed E-state index contributed by atoms with van der Waals surface area (Å²) in [4.78, 5) is 14.6. The Labute approximate surface area is 189 Å². The molecule has 1 N–H and O–H groups in total. The predicted octanol–water partition coefficient (Wildman–Crippen LogP) is 4.06. The van der Waals surface area contributed by atoms with Gasteiger partial charge < -0.3 is 9.88 Å². The first-order valence-corrected chi connectivity index (χ1v) is 11.5. The number of aryl methyl sites for hydroxylation is 1. The molecule has 0 bridgehead atoms. The van der Waals surface area contributed by atoms with Crippen molar-refractivity contribution in [3.63, 3.8) is 0 Å². The normalized spacial score (nSPS) is 12.2. The highest BCUT2D eigenvalue weighted by Gasteiger charge is 2.22. The zero-order chi connectivity index (χ0) is 22.2. The second-order valence-electron chi connectivity index (χ2n) is 7.85. The molecule has 0 fully saturated rings. The van der Waals surface area contributed by atoms with Crippen molar-refractivity contribution in [3.8, 4) is 0 Å². The van der Waals surface area contributed by atoms with E-state index in [0.29, 0.717) is 18.8 Å². The first kappa shape index (κ1) is 23.0. The maximum Gasteiger partial charge on any atom is 0.230 e. The van der Waals surface area contributed by atoms with E-state index in [9.17, 15) is 4.79 Å². The Morgan fingerprint density at radius 2 is 1.77 bits per heavy atom. The van der Waals surface area contributed by atoms with E-state index in [1.165, 1.54) is 22.9 Å². The van der Waals surface area contributed by atoms with Gasteiger partial charge in [0.05, 0.1) is 18.3 Å². The minimum absolute atomic E-state index is 0.0129. The molecule has 164 valence electrons. The molecule has 31 heavy (non-hydrogen) atoms. The SMILES string of the molecule is CCC(c1nnc(SCC(=O)NCc2ccc(C)cc2)n1Cc1ccccc1)N(C)C. The van der Waals surface area contributed by atoms with Crippen molar-refractivity contribution in [2.24, 2.45) is 0 Å². The van der Waals surface area contributed by atoms with Crippen molar-refractivity contribution in [3.05, 3.63) is 77.1 Å². The van der Waals surface area contributed by atoms with E-state index in [2.05, 4.69) is 77.2 Å². The Hall–Kier alpha value is -2.64. The van der Waals surface area contributed by atoms with Crippen LogP contribution in [0.3, 0.4) is 0 Å². The Morgan fingerprint density at radius 1 is 1.06 bits per heavy atom. The van der Waals surface area contributed by atoms with Crippen LogP contribution in [0.25, 0.3) is 0 Å². The van der Waals surface area contributed by atoms with E-state index in [4.69, 9.17) is 0 Å². The first-order chi connectivity index (χ1) is 15.0. The van der Waals surface area contributed by atoms with Crippen molar-refractivity contribution in [2.45, 2.75) is 44.6 Å². The van der Waals surface area contributed by atoms with Gasteiger partial charge in [-0.1, -0.05) is 78.8 Å². The Balaban J connectivity index is 1.69. The van der Waals surface area contributed by atoms with Gasteiger partial charge in [0.2, 0.25) is 5.91 Å². The van der Waals surface area contributed by atoms with Crippen LogP contribution in [0.4, 0.5) is 0 Å². The number of carbonyl (C=O) groups excluding carboxylic acids is 1. The number of hydrogen-bond donors (Lipinski definition) is 1. The number of carbonyl (C=O) groups is 1. The average Bonchev–Trinajstić information content (AvgIpc) is 3.15. The number of rotatable bonds is 10. The molecule has 0 radical (unpaired) electrons. The van der Waals surface area contributed by atoms with Crippen LogP contribution in [0.2, 0.25) is 0 Å². The van der Waals surface area contributed by atoms with Crippen LogP contribution >= 0.6 is 11.8 Å². The summed E-state index contributed by atoms with van der Waals surface area (Å²) in [6, 6.07) is 18.6. The molecule has 7 heteroatoms. The largest absolute Gasteiger partial charge is 0.351 e.